The van der Waals surface area contributed by atoms with Crippen LogP contribution in [-0.4, -0.2) is 16.5 Å². The lowest BCUT2D eigenvalue weighted by Gasteiger charge is -2.01. The van der Waals surface area contributed by atoms with Gasteiger partial charge in [0, 0.05) is 22.6 Å². The second kappa shape index (κ2) is 5.90. The van der Waals surface area contributed by atoms with Gasteiger partial charge in [-0.2, -0.15) is 0 Å². The molecular formula is C13H15N3O2S. The van der Waals surface area contributed by atoms with Crippen LogP contribution >= 0.6 is 11.3 Å². The van der Waals surface area contributed by atoms with E-state index in [1.54, 1.807) is 23.5 Å². The van der Waals surface area contributed by atoms with Crippen molar-refractivity contribution in [1.29, 1.82) is 0 Å². The third kappa shape index (κ3) is 2.97. The van der Waals surface area contributed by atoms with Crippen LogP contribution in [0, 0.1) is 10.1 Å². The van der Waals surface area contributed by atoms with Crippen molar-refractivity contribution in [2.45, 2.75) is 19.8 Å². The van der Waals surface area contributed by atoms with Gasteiger partial charge in [-0.25, -0.2) is 4.98 Å². The maximum Gasteiger partial charge on any atom is 0.270 e. The van der Waals surface area contributed by atoms with Gasteiger partial charge in [0.2, 0.25) is 0 Å². The second-order valence-corrected chi connectivity index (χ2v) is 5.25. The molecule has 2 rings (SSSR count). The molecule has 5 nitrogen and oxygen atoms in total. The van der Waals surface area contributed by atoms with Gasteiger partial charge in [-0.05, 0) is 19.4 Å². The highest BCUT2D eigenvalue weighted by Crippen LogP contribution is 2.30. The number of rotatable bonds is 5. The van der Waals surface area contributed by atoms with Crippen molar-refractivity contribution in [2.75, 3.05) is 6.54 Å². The van der Waals surface area contributed by atoms with E-state index in [1.807, 2.05) is 13.0 Å². The Balaban J connectivity index is 2.47. The van der Waals surface area contributed by atoms with E-state index in [1.165, 1.54) is 6.07 Å². The van der Waals surface area contributed by atoms with E-state index in [2.05, 4.69) is 4.98 Å². The zero-order chi connectivity index (χ0) is 13.8. The number of aryl methyl sites for hydroxylation is 1. The van der Waals surface area contributed by atoms with E-state index >= 15 is 0 Å². The molecule has 0 bridgehead atoms. The van der Waals surface area contributed by atoms with Crippen LogP contribution in [0.1, 0.15) is 16.8 Å². The van der Waals surface area contributed by atoms with Crippen LogP contribution in [-0.2, 0) is 12.8 Å². The van der Waals surface area contributed by atoms with E-state index < -0.39 is 0 Å². The SMILES string of the molecule is CCc1nc(-c2cccc([N+](=O)[O-])c2)c(CCN)s1. The summed E-state index contributed by atoms with van der Waals surface area (Å²) in [5.41, 5.74) is 7.31. The van der Waals surface area contributed by atoms with Crippen molar-refractivity contribution in [2.24, 2.45) is 5.73 Å². The quantitative estimate of drug-likeness (QED) is 0.673. The van der Waals surface area contributed by atoms with Gasteiger partial charge in [-0.3, -0.25) is 10.1 Å². The molecule has 0 radical (unpaired) electrons. The predicted octanol–water partition coefficient (Wildman–Crippen LogP) is 2.78. The van der Waals surface area contributed by atoms with Crippen LogP contribution in [0.5, 0.6) is 0 Å². The Morgan fingerprint density at radius 3 is 2.89 bits per heavy atom. The number of nitrogens with two attached hydrogens (primary N) is 1. The lowest BCUT2D eigenvalue weighted by atomic mass is 10.1. The number of aromatic nitrogens is 1. The first-order valence-electron chi connectivity index (χ1n) is 6.09. The van der Waals surface area contributed by atoms with Gasteiger partial charge >= 0.3 is 0 Å². The highest BCUT2D eigenvalue weighted by atomic mass is 32.1. The first-order valence-corrected chi connectivity index (χ1v) is 6.90. The highest BCUT2D eigenvalue weighted by molar-refractivity contribution is 7.12. The van der Waals surface area contributed by atoms with E-state index in [0.29, 0.717) is 6.54 Å². The number of benzene rings is 1. The first kappa shape index (κ1) is 13.6. The molecule has 1 heterocycles. The fraction of sp³-hybridized carbons (Fsp3) is 0.308. The molecule has 2 N–H and O–H groups in total. The van der Waals surface area contributed by atoms with Crippen LogP contribution in [0.25, 0.3) is 11.3 Å². The molecule has 0 saturated carbocycles. The molecule has 100 valence electrons. The summed E-state index contributed by atoms with van der Waals surface area (Å²) in [6, 6.07) is 6.58. The van der Waals surface area contributed by atoms with Crippen LogP contribution in [0.4, 0.5) is 5.69 Å². The molecule has 0 spiro atoms. The van der Waals surface area contributed by atoms with Gasteiger partial charge in [0.15, 0.2) is 0 Å². The van der Waals surface area contributed by atoms with Gasteiger partial charge in [-0.15, -0.1) is 11.3 Å². The minimum atomic E-state index is -0.390. The van der Waals surface area contributed by atoms with Crippen molar-refractivity contribution >= 4 is 17.0 Å². The van der Waals surface area contributed by atoms with Gasteiger partial charge < -0.3 is 5.73 Å². The normalized spacial score (nSPS) is 10.6. The summed E-state index contributed by atoms with van der Waals surface area (Å²) in [7, 11) is 0. The molecule has 0 atom stereocenters. The zero-order valence-electron chi connectivity index (χ0n) is 10.6. The summed E-state index contributed by atoms with van der Waals surface area (Å²) >= 11 is 1.63. The molecule has 0 unspecified atom stereocenters. The van der Waals surface area contributed by atoms with Crippen LogP contribution < -0.4 is 5.73 Å². The number of hydrogen-bond donors (Lipinski definition) is 1. The van der Waals surface area contributed by atoms with Gasteiger partial charge in [0.05, 0.1) is 15.6 Å². The zero-order valence-corrected chi connectivity index (χ0v) is 11.4. The monoisotopic (exact) mass is 277 g/mol. The Morgan fingerprint density at radius 1 is 1.47 bits per heavy atom. The summed E-state index contributed by atoms with van der Waals surface area (Å²) in [6.07, 6.45) is 1.60. The molecular weight excluding hydrogens is 262 g/mol. The number of hydrogen-bond acceptors (Lipinski definition) is 5. The van der Waals surface area contributed by atoms with E-state index in [9.17, 15) is 10.1 Å². The minimum absolute atomic E-state index is 0.0854. The van der Waals surface area contributed by atoms with Crippen LogP contribution in [0.15, 0.2) is 24.3 Å². The van der Waals surface area contributed by atoms with Crippen molar-refractivity contribution in [3.05, 3.63) is 44.3 Å². The molecule has 0 aliphatic rings. The smallest absolute Gasteiger partial charge is 0.270 e. The molecule has 0 aliphatic heterocycles. The Bertz CT molecular complexity index is 595. The number of non-ortho nitro benzene ring substituents is 1. The van der Waals surface area contributed by atoms with Crippen molar-refractivity contribution in [3.8, 4) is 11.3 Å². The van der Waals surface area contributed by atoms with E-state index in [-0.39, 0.29) is 10.6 Å². The standard InChI is InChI=1S/C13H15N3O2S/c1-2-12-15-13(11(19-12)6-7-14)9-4-3-5-10(8-9)16(17)18/h3-5,8H,2,6-7,14H2,1H3. The second-order valence-electron chi connectivity index (χ2n) is 4.08. The lowest BCUT2D eigenvalue weighted by molar-refractivity contribution is -0.384. The topological polar surface area (TPSA) is 82.0 Å². The van der Waals surface area contributed by atoms with E-state index in [0.717, 1.165) is 34.0 Å². The number of nitro groups is 1. The predicted molar refractivity (Wildman–Crippen MR) is 76.3 cm³/mol. The molecule has 0 amide bonds. The summed E-state index contributed by atoms with van der Waals surface area (Å²) in [6.45, 7) is 2.59. The largest absolute Gasteiger partial charge is 0.330 e. The van der Waals surface area contributed by atoms with Crippen molar-refractivity contribution in [1.82, 2.24) is 4.98 Å². The first-order chi connectivity index (χ1) is 9.15. The maximum absolute atomic E-state index is 10.8. The molecule has 0 aliphatic carbocycles. The Morgan fingerprint density at radius 2 is 2.26 bits per heavy atom. The third-order valence-corrected chi connectivity index (χ3v) is 4.01. The molecule has 19 heavy (non-hydrogen) atoms. The Hall–Kier alpha value is -1.79. The molecule has 0 fully saturated rings. The minimum Gasteiger partial charge on any atom is -0.330 e. The van der Waals surface area contributed by atoms with Gasteiger partial charge in [0.1, 0.15) is 0 Å². The molecule has 6 heteroatoms. The summed E-state index contributed by atoms with van der Waals surface area (Å²) < 4.78 is 0. The number of thiazole rings is 1. The molecule has 1 aromatic carbocycles. The van der Waals surface area contributed by atoms with Gasteiger partial charge in [-0.1, -0.05) is 19.1 Å². The summed E-state index contributed by atoms with van der Waals surface area (Å²) in [4.78, 5) is 16.1. The maximum atomic E-state index is 10.8. The lowest BCUT2D eigenvalue weighted by Crippen LogP contribution is -2.02. The average Bonchev–Trinajstić information content (AvgIpc) is 2.82. The van der Waals surface area contributed by atoms with Crippen LogP contribution in [0.2, 0.25) is 0 Å². The van der Waals surface area contributed by atoms with Crippen molar-refractivity contribution < 1.29 is 4.92 Å². The van der Waals surface area contributed by atoms with E-state index in [4.69, 9.17) is 5.73 Å². The fourth-order valence-electron chi connectivity index (χ4n) is 1.84. The Labute approximate surface area is 115 Å². The average molecular weight is 277 g/mol. The summed E-state index contributed by atoms with van der Waals surface area (Å²) in [5, 5.41) is 11.9. The number of nitrogens with zero attached hydrogens (tertiary/aromatic N) is 2. The molecule has 1 aromatic heterocycles. The van der Waals surface area contributed by atoms with Crippen molar-refractivity contribution in [3.63, 3.8) is 0 Å². The third-order valence-electron chi connectivity index (χ3n) is 2.75. The van der Waals surface area contributed by atoms with Crippen LogP contribution in [0.3, 0.4) is 0 Å². The van der Waals surface area contributed by atoms with Gasteiger partial charge in [0.25, 0.3) is 5.69 Å². The highest BCUT2D eigenvalue weighted by Gasteiger charge is 2.14. The number of nitro benzene ring substituents is 1. The summed E-state index contributed by atoms with van der Waals surface area (Å²) in [5.74, 6) is 0. The molecule has 2 aromatic rings. The fourth-order valence-corrected chi connectivity index (χ4v) is 2.89. The molecule has 0 saturated heterocycles. The Kier molecular flexibility index (Phi) is 4.24.